The summed E-state index contributed by atoms with van der Waals surface area (Å²) in [7, 11) is 0. The Hall–Kier alpha value is -2.70. The van der Waals surface area contributed by atoms with E-state index in [1.807, 2.05) is 0 Å². The molecular formula is C10H7N5O2. The van der Waals surface area contributed by atoms with Crippen molar-refractivity contribution in [2.45, 2.75) is 0 Å². The number of fused-ring (bicyclic) bond motifs is 1. The van der Waals surface area contributed by atoms with Crippen molar-refractivity contribution in [2.75, 3.05) is 0 Å². The molecule has 7 nitrogen and oxygen atoms in total. The van der Waals surface area contributed by atoms with Gasteiger partial charge in [-0.2, -0.15) is 5.10 Å². The van der Waals surface area contributed by atoms with Crippen LogP contribution in [-0.4, -0.2) is 24.7 Å². The quantitative estimate of drug-likeness (QED) is 0.534. The minimum Gasteiger partial charge on any atom is -0.344 e. The summed E-state index contributed by atoms with van der Waals surface area (Å²) in [6.07, 6.45) is 4.72. The molecule has 0 saturated carbocycles. The molecule has 0 aliphatic rings. The molecule has 7 heteroatoms. The molecule has 3 aromatic rings. The first kappa shape index (κ1) is 9.52. The molecule has 0 amide bonds. The van der Waals surface area contributed by atoms with E-state index in [1.165, 1.54) is 17.1 Å². The highest BCUT2D eigenvalue weighted by molar-refractivity contribution is 5.81. The maximum Gasteiger partial charge on any atom is 0.297 e. The summed E-state index contributed by atoms with van der Waals surface area (Å²) < 4.78 is 1.45. The molecule has 1 aromatic carbocycles. The zero-order valence-electron chi connectivity index (χ0n) is 8.57. The first-order valence-electron chi connectivity index (χ1n) is 4.87. The lowest BCUT2D eigenvalue weighted by atomic mass is 10.2. The van der Waals surface area contributed by atoms with E-state index < -0.39 is 4.92 Å². The summed E-state index contributed by atoms with van der Waals surface area (Å²) in [4.78, 5) is 17.5. The molecule has 0 aliphatic carbocycles. The smallest absolute Gasteiger partial charge is 0.297 e. The van der Waals surface area contributed by atoms with E-state index >= 15 is 0 Å². The highest BCUT2D eigenvalue weighted by atomic mass is 16.6. The molecule has 17 heavy (non-hydrogen) atoms. The first-order valence-corrected chi connectivity index (χ1v) is 4.87. The monoisotopic (exact) mass is 229 g/mol. The maximum absolute atomic E-state index is 11.0. The van der Waals surface area contributed by atoms with Gasteiger partial charge in [0.05, 0.1) is 22.3 Å². The topological polar surface area (TPSA) is 89.6 Å². The minimum atomic E-state index is -0.433. The van der Waals surface area contributed by atoms with Gasteiger partial charge in [0, 0.05) is 18.5 Å². The van der Waals surface area contributed by atoms with E-state index in [1.54, 1.807) is 24.5 Å². The molecule has 0 saturated heterocycles. The molecular weight excluding hydrogens is 222 g/mol. The summed E-state index contributed by atoms with van der Waals surface area (Å²) in [5.74, 6) is 0. The second-order valence-electron chi connectivity index (χ2n) is 3.47. The molecule has 0 unspecified atom stereocenters. The number of nitrogens with zero attached hydrogens (tertiary/aromatic N) is 4. The second kappa shape index (κ2) is 3.41. The Morgan fingerprint density at radius 3 is 3.00 bits per heavy atom. The summed E-state index contributed by atoms with van der Waals surface area (Å²) >= 11 is 0. The van der Waals surface area contributed by atoms with E-state index in [-0.39, 0.29) is 5.69 Å². The third-order valence-electron chi connectivity index (χ3n) is 2.46. The standard InChI is InChI=1S/C10H7N5O2/c16-15(17)10-5-8-7(11-6-12-8)4-9(10)14-3-1-2-13-14/h1-6H,(H,11,12). The zero-order chi connectivity index (χ0) is 11.8. The van der Waals surface area contributed by atoms with Gasteiger partial charge in [0.2, 0.25) is 0 Å². The predicted molar refractivity (Wildman–Crippen MR) is 59.9 cm³/mol. The summed E-state index contributed by atoms with van der Waals surface area (Å²) in [5, 5.41) is 15.0. The molecule has 3 rings (SSSR count). The molecule has 1 N–H and O–H groups in total. The Balaban J connectivity index is 2.34. The number of nitrogens with one attached hydrogen (secondary N) is 1. The van der Waals surface area contributed by atoms with Gasteiger partial charge >= 0.3 is 0 Å². The third kappa shape index (κ3) is 1.44. The molecule has 0 atom stereocenters. The van der Waals surface area contributed by atoms with Gasteiger partial charge in [-0.05, 0) is 12.1 Å². The van der Waals surface area contributed by atoms with E-state index in [2.05, 4.69) is 15.1 Å². The number of imidazole rings is 1. The molecule has 2 aromatic heterocycles. The van der Waals surface area contributed by atoms with E-state index in [4.69, 9.17) is 0 Å². The Morgan fingerprint density at radius 1 is 1.41 bits per heavy atom. The molecule has 0 aliphatic heterocycles. The molecule has 0 fully saturated rings. The van der Waals surface area contributed by atoms with Gasteiger partial charge < -0.3 is 4.98 Å². The Labute approximate surface area is 94.9 Å². The van der Waals surface area contributed by atoms with E-state index in [0.717, 1.165) is 0 Å². The average Bonchev–Trinajstić information content (AvgIpc) is 2.98. The Morgan fingerprint density at radius 2 is 2.29 bits per heavy atom. The number of hydrogen-bond donors (Lipinski definition) is 1. The number of benzene rings is 1. The van der Waals surface area contributed by atoms with Crippen LogP contribution in [0.4, 0.5) is 5.69 Å². The number of aromatic nitrogens is 4. The van der Waals surface area contributed by atoms with Crippen molar-refractivity contribution in [1.29, 1.82) is 0 Å². The van der Waals surface area contributed by atoms with Crippen LogP contribution < -0.4 is 0 Å². The van der Waals surface area contributed by atoms with Gasteiger partial charge in [0.15, 0.2) is 0 Å². The summed E-state index contributed by atoms with van der Waals surface area (Å²) in [5.41, 5.74) is 1.69. The van der Waals surface area contributed by atoms with Crippen molar-refractivity contribution in [3.63, 3.8) is 0 Å². The van der Waals surface area contributed by atoms with E-state index in [0.29, 0.717) is 16.7 Å². The van der Waals surface area contributed by atoms with Gasteiger partial charge in [-0.1, -0.05) is 0 Å². The fraction of sp³-hybridized carbons (Fsp3) is 0. The lowest BCUT2D eigenvalue weighted by Gasteiger charge is -2.02. The first-order chi connectivity index (χ1) is 8.25. The highest BCUT2D eigenvalue weighted by Gasteiger charge is 2.17. The van der Waals surface area contributed by atoms with Crippen LogP contribution in [-0.2, 0) is 0 Å². The number of H-pyrrole nitrogens is 1. The number of aromatic amines is 1. The highest BCUT2D eigenvalue weighted by Crippen LogP contribution is 2.26. The van der Waals surface area contributed by atoms with Crippen molar-refractivity contribution < 1.29 is 4.92 Å². The second-order valence-corrected chi connectivity index (χ2v) is 3.47. The van der Waals surface area contributed by atoms with Crippen molar-refractivity contribution >= 4 is 16.7 Å². The third-order valence-corrected chi connectivity index (χ3v) is 2.46. The summed E-state index contributed by atoms with van der Waals surface area (Å²) in [6.45, 7) is 0. The van der Waals surface area contributed by atoms with Gasteiger partial charge in [-0.3, -0.25) is 10.1 Å². The van der Waals surface area contributed by atoms with Crippen LogP contribution in [0.2, 0.25) is 0 Å². The molecule has 84 valence electrons. The number of rotatable bonds is 2. The molecule has 0 spiro atoms. The van der Waals surface area contributed by atoms with Crippen molar-refractivity contribution in [3.8, 4) is 5.69 Å². The lowest BCUT2D eigenvalue weighted by molar-refractivity contribution is -0.384. The fourth-order valence-corrected chi connectivity index (χ4v) is 1.70. The van der Waals surface area contributed by atoms with Gasteiger partial charge in [0.25, 0.3) is 5.69 Å². The molecule has 2 heterocycles. The lowest BCUT2D eigenvalue weighted by Crippen LogP contribution is -2.00. The van der Waals surface area contributed by atoms with Crippen LogP contribution in [0.15, 0.2) is 36.9 Å². The SMILES string of the molecule is O=[N+]([O-])c1cc2[nH]cnc2cc1-n1cccn1. The largest absolute Gasteiger partial charge is 0.344 e. The fourth-order valence-electron chi connectivity index (χ4n) is 1.70. The zero-order valence-corrected chi connectivity index (χ0v) is 8.57. The van der Waals surface area contributed by atoms with Crippen molar-refractivity contribution in [1.82, 2.24) is 19.7 Å². The minimum absolute atomic E-state index is 0.00884. The Bertz CT molecular complexity index is 686. The predicted octanol–water partition coefficient (Wildman–Crippen LogP) is 1.66. The van der Waals surface area contributed by atoms with Crippen LogP contribution in [0, 0.1) is 10.1 Å². The van der Waals surface area contributed by atoms with Crippen LogP contribution in [0.1, 0.15) is 0 Å². The maximum atomic E-state index is 11.0. The van der Waals surface area contributed by atoms with Gasteiger partial charge in [-0.25, -0.2) is 9.67 Å². The number of nitro benzene ring substituents is 1. The normalized spacial score (nSPS) is 10.8. The van der Waals surface area contributed by atoms with Gasteiger partial charge in [0.1, 0.15) is 5.69 Å². The molecule has 0 bridgehead atoms. The summed E-state index contributed by atoms with van der Waals surface area (Å²) in [6, 6.07) is 4.80. The Kier molecular flexibility index (Phi) is 1.91. The van der Waals surface area contributed by atoms with Crippen LogP contribution in [0.3, 0.4) is 0 Å². The average molecular weight is 229 g/mol. The van der Waals surface area contributed by atoms with Crippen LogP contribution >= 0.6 is 0 Å². The van der Waals surface area contributed by atoms with Crippen molar-refractivity contribution in [3.05, 3.63) is 47.0 Å². The number of nitro groups is 1. The van der Waals surface area contributed by atoms with Gasteiger partial charge in [-0.15, -0.1) is 0 Å². The molecule has 0 radical (unpaired) electrons. The van der Waals surface area contributed by atoms with Crippen LogP contribution in [0.25, 0.3) is 16.7 Å². The van der Waals surface area contributed by atoms with Crippen molar-refractivity contribution in [2.24, 2.45) is 0 Å². The van der Waals surface area contributed by atoms with Crippen LogP contribution in [0.5, 0.6) is 0 Å². The number of hydrogen-bond acceptors (Lipinski definition) is 4. The van der Waals surface area contributed by atoms with E-state index in [9.17, 15) is 10.1 Å².